The van der Waals surface area contributed by atoms with E-state index in [1.165, 1.54) is 24.3 Å². The number of hydrogen-bond donors (Lipinski definition) is 2. The lowest BCUT2D eigenvalue weighted by Gasteiger charge is -2.09. The number of amides is 1. The van der Waals surface area contributed by atoms with Crippen LogP contribution in [0, 0.1) is 19.7 Å². The molecule has 0 radical (unpaired) electrons. The molecular formula is C22H21FN4O2. The molecule has 2 aromatic carbocycles. The Balaban J connectivity index is 1.57. The van der Waals surface area contributed by atoms with Crippen molar-refractivity contribution in [2.75, 3.05) is 10.6 Å². The van der Waals surface area contributed by atoms with E-state index in [-0.39, 0.29) is 24.5 Å². The Kier molecular flexibility index (Phi) is 6.29. The van der Waals surface area contributed by atoms with E-state index in [0.717, 1.165) is 17.1 Å². The maximum absolute atomic E-state index is 12.9. The fraction of sp³-hybridized carbons (Fsp3) is 0.182. The molecule has 0 aliphatic rings. The van der Waals surface area contributed by atoms with Gasteiger partial charge in [0.1, 0.15) is 5.82 Å². The monoisotopic (exact) mass is 392 g/mol. The highest BCUT2D eigenvalue weighted by molar-refractivity contribution is 6.00. The minimum Gasteiger partial charge on any atom is -0.326 e. The molecule has 1 heterocycles. The van der Waals surface area contributed by atoms with Crippen molar-refractivity contribution in [3.05, 3.63) is 77.4 Å². The first-order chi connectivity index (χ1) is 13.9. The normalized spacial score (nSPS) is 10.4. The largest absolute Gasteiger partial charge is 0.326 e. The second kappa shape index (κ2) is 9.05. The molecule has 0 bridgehead atoms. The average molecular weight is 392 g/mol. The smallest absolute Gasteiger partial charge is 0.227 e. The van der Waals surface area contributed by atoms with Crippen molar-refractivity contribution in [3.8, 4) is 0 Å². The molecule has 1 amide bonds. The number of rotatable bonds is 7. The predicted molar refractivity (Wildman–Crippen MR) is 110 cm³/mol. The lowest BCUT2D eigenvalue weighted by molar-refractivity contribution is -0.116. The van der Waals surface area contributed by atoms with Crippen LogP contribution in [-0.4, -0.2) is 21.7 Å². The molecule has 2 N–H and O–H groups in total. The molecule has 0 spiro atoms. The first-order valence-corrected chi connectivity index (χ1v) is 9.17. The fourth-order valence-electron chi connectivity index (χ4n) is 2.82. The molecule has 0 unspecified atom stereocenters. The number of aromatic nitrogens is 2. The van der Waals surface area contributed by atoms with Gasteiger partial charge < -0.3 is 10.6 Å². The number of carbonyl (C=O) groups is 2. The lowest BCUT2D eigenvalue weighted by atomic mass is 10.1. The molecule has 0 saturated carbocycles. The molecule has 3 aromatic rings. The van der Waals surface area contributed by atoms with Gasteiger partial charge in [0.15, 0.2) is 5.78 Å². The summed E-state index contributed by atoms with van der Waals surface area (Å²) in [4.78, 5) is 33.0. The number of carbonyl (C=O) groups excluding carboxylic acids is 2. The SMILES string of the molecule is Cc1cc(C)nc(Nc2cccc(NC(=O)CCC(=O)c3ccc(F)cc3)c2)n1. The van der Waals surface area contributed by atoms with Crippen molar-refractivity contribution >= 4 is 29.0 Å². The number of nitrogens with zero attached hydrogens (tertiary/aromatic N) is 2. The summed E-state index contributed by atoms with van der Waals surface area (Å²) in [6.07, 6.45) is 0.0832. The maximum Gasteiger partial charge on any atom is 0.227 e. The number of nitrogens with one attached hydrogen (secondary N) is 2. The van der Waals surface area contributed by atoms with Crippen LogP contribution in [0.2, 0.25) is 0 Å². The van der Waals surface area contributed by atoms with Crippen LogP contribution >= 0.6 is 0 Å². The van der Waals surface area contributed by atoms with Gasteiger partial charge in [-0.05, 0) is 62.4 Å². The number of aryl methyl sites for hydroxylation is 2. The van der Waals surface area contributed by atoms with E-state index in [0.29, 0.717) is 17.2 Å². The molecule has 29 heavy (non-hydrogen) atoms. The summed E-state index contributed by atoms with van der Waals surface area (Å²) in [7, 11) is 0. The van der Waals surface area contributed by atoms with Gasteiger partial charge in [-0.25, -0.2) is 14.4 Å². The molecule has 0 fully saturated rings. The first kappa shape index (κ1) is 20.1. The number of benzene rings is 2. The summed E-state index contributed by atoms with van der Waals surface area (Å²) >= 11 is 0. The van der Waals surface area contributed by atoms with Crippen molar-refractivity contribution in [1.82, 2.24) is 9.97 Å². The summed E-state index contributed by atoms with van der Waals surface area (Å²) < 4.78 is 12.9. The van der Waals surface area contributed by atoms with E-state index in [1.54, 1.807) is 18.2 Å². The van der Waals surface area contributed by atoms with Crippen LogP contribution in [0.4, 0.5) is 21.7 Å². The lowest BCUT2D eigenvalue weighted by Crippen LogP contribution is -2.13. The minimum absolute atomic E-state index is 0.0358. The maximum atomic E-state index is 12.9. The molecule has 0 aliphatic heterocycles. The number of anilines is 3. The molecule has 148 valence electrons. The van der Waals surface area contributed by atoms with Crippen LogP contribution < -0.4 is 10.6 Å². The number of halogens is 1. The van der Waals surface area contributed by atoms with Crippen LogP contribution in [0.5, 0.6) is 0 Å². The van der Waals surface area contributed by atoms with Crippen LogP contribution in [0.3, 0.4) is 0 Å². The predicted octanol–water partition coefficient (Wildman–Crippen LogP) is 4.58. The van der Waals surface area contributed by atoms with E-state index in [2.05, 4.69) is 20.6 Å². The fourth-order valence-corrected chi connectivity index (χ4v) is 2.82. The van der Waals surface area contributed by atoms with Gasteiger partial charge in [-0.2, -0.15) is 0 Å². The Morgan fingerprint density at radius 3 is 2.24 bits per heavy atom. The van der Waals surface area contributed by atoms with Gasteiger partial charge in [0.05, 0.1) is 0 Å². The van der Waals surface area contributed by atoms with E-state index in [4.69, 9.17) is 0 Å². The summed E-state index contributed by atoms with van der Waals surface area (Å²) in [6.45, 7) is 3.79. The standard InChI is InChI=1S/C22H21FN4O2/c1-14-12-15(2)25-22(24-14)27-19-5-3-4-18(13-19)26-21(29)11-10-20(28)16-6-8-17(23)9-7-16/h3-9,12-13H,10-11H2,1-2H3,(H,26,29)(H,24,25,27). The Bertz CT molecular complexity index is 1010. The van der Waals surface area contributed by atoms with Gasteiger partial charge in [0, 0.05) is 41.2 Å². The van der Waals surface area contributed by atoms with Crippen LogP contribution in [-0.2, 0) is 4.79 Å². The van der Waals surface area contributed by atoms with Gasteiger partial charge in [-0.3, -0.25) is 9.59 Å². The van der Waals surface area contributed by atoms with E-state index in [1.807, 2.05) is 26.0 Å². The van der Waals surface area contributed by atoms with Crippen molar-refractivity contribution in [2.45, 2.75) is 26.7 Å². The quantitative estimate of drug-likeness (QED) is 0.575. The highest BCUT2D eigenvalue weighted by Crippen LogP contribution is 2.19. The van der Waals surface area contributed by atoms with Crippen LogP contribution in [0.25, 0.3) is 0 Å². The highest BCUT2D eigenvalue weighted by Gasteiger charge is 2.10. The van der Waals surface area contributed by atoms with E-state index >= 15 is 0 Å². The molecule has 0 atom stereocenters. The number of hydrogen-bond acceptors (Lipinski definition) is 5. The molecular weight excluding hydrogens is 371 g/mol. The number of Topliss-reactive ketones (excluding diaryl/α,β-unsaturated/α-hetero) is 1. The van der Waals surface area contributed by atoms with Crippen molar-refractivity contribution in [1.29, 1.82) is 0 Å². The van der Waals surface area contributed by atoms with Gasteiger partial charge in [0.25, 0.3) is 0 Å². The minimum atomic E-state index is -0.404. The highest BCUT2D eigenvalue weighted by atomic mass is 19.1. The Morgan fingerprint density at radius 1 is 0.897 bits per heavy atom. The number of ketones is 1. The van der Waals surface area contributed by atoms with E-state index < -0.39 is 5.82 Å². The Morgan fingerprint density at radius 2 is 1.55 bits per heavy atom. The second-order valence-electron chi connectivity index (χ2n) is 6.66. The zero-order chi connectivity index (χ0) is 20.8. The molecule has 1 aromatic heterocycles. The summed E-state index contributed by atoms with van der Waals surface area (Å²) in [5, 5.41) is 5.89. The molecule has 0 aliphatic carbocycles. The summed E-state index contributed by atoms with van der Waals surface area (Å²) in [6, 6.07) is 14.3. The van der Waals surface area contributed by atoms with Crippen LogP contribution in [0.1, 0.15) is 34.6 Å². The Hall–Kier alpha value is -3.61. The van der Waals surface area contributed by atoms with Crippen molar-refractivity contribution < 1.29 is 14.0 Å². The zero-order valence-electron chi connectivity index (χ0n) is 16.2. The summed E-state index contributed by atoms with van der Waals surface area (Å²) in [5.74, 6) is -0.405. The average Bonchev–Trinajstić information content (AvgIpc) is 2.66. The van der Waals surface area contributed by atoms with Gasteiger partial charge in [-0.15, -0.1) is 0 Å². The van der Waals surface area contributed by atoms with Gasteiger partial charge in [0.2, 0.25) is 11.9 Å². The summed E-state index contributed by atoms with van der Waals surface area (Å²) in [5.41, 5.74) is 3.43. The van der Waals surface area contributed by atoms with Crippen molar-refractivity contribution in [3.63, 3.8) is 0 Å². The Labute approximate surface area is 168 Å². The zero-order valence-corrected chi connectivity index (χ0v) is 16.2. The third-order valence-corrected chi connectivity index (χ3v) is 4.13. The third kappa shape index (κ3) is 5.93. The van der Waals surface area contributed by atoms with Crippen LogP contribution in [0.15, 0.2) is 54.6 Å². The van der Waals surface area contributed by atoms with Crippen molar-refractivity contribution in [2.24, 2.45) is 0 Å². The third-order valence-electron chi connectivity index (χ3n) is 4.13. The van der Waals surface area contributed by atoms with Gasteiger partial charge in [-0.1, -0.05) is 6.07 Å². The molecule has 0 saturated heterocycles. The topological polar surface area (TPSA) is 84.0 Å². The van der Waals surface area contributed by atoms with E-state index in [9.17, 15) is 14.0 Å². The molecule has 3 rings (SSSR count). The molecule has 6 nitrogen and oxygen atoms in total. The van der Waals surface area contributed by atoms with Gasteiger partial charge >= 0.3 is 0 Å². The molecule has 7 heteroatoms. The second-order valence-corrected chi connectivity index (χ2v) is 6.66. The first-order valence-electron chi connectivity index (χ1n) is 9.17.